The van der Waals surface area contributed by atoms with Gasteiger partial charge in [-0.3, -0.25) is 4.79 Å². The average Bonchev–Trinajstić information content (AvgIpc) is 2.91. The number of nitrogens with zero attached hydrogens (tertiary/aromatic N) is 1. The molecule has 0 saturated carbocycles. The Kier molecular flexibility index (Phi) is 3.77. The van der Waals surface area contributed by atoms with Crippen LogP contribution in [-0.4, -0.2) is 10.9 Å². The van der Waals surface area contributed by atoms with Gasteiger partial charge in [-0.05, 0) is 48.7 Å². The Morgan fingerprint density at radius 3 is 2.68 bits per heavy atom. The van der Waals surface area contributed by atoms with Gasteiger partial charge in [0.05, 0.1) is 15.8 Å². The zero-order valence-electron chi connectivity index (χ0n) is 12.5. The van der Waals surface area contributed by atoms with Crippen molar-refractivity contribution in [3.8, 4) is 0 Å². The molecule has 0 aliphatic carbocycles. The first-order valence-corrected chi connectivity index (χ1v) is 7.81. The van der Waals surface area contributed by atoms with Crippen LogP contribution < -0.4 is 5.73 Å². The third kappa shape index (κ3) is 2.78. The molecular formula is C18H16N2OS. The van der Waals surface area contributed by atoms with E-state index in [1.165, 1.54) is 11.1 Å². The van der Waals surface area contributed by atoms with Crippen molar-refractivity contribution in [2.45, 2.75) is 13.8 Å². The molecule has 3 rings (SSSR count). The number of hydrogen-bond donors (Lipinski definition) is 1. The Balaban J connectivity index is 1.97. The third-order valence-electron chi connectivity index (χ3n) is 3.65. The second-order valence-corrected chi connectivity index (χ2v) is 6.31. The minimum absolute atomic E-state index is 0.444. The minimum Gasteiger partial charge on any atom is -0.366 e. The maximum Gasteiger partial charge on any atom is 0.250 e. The molecule has 0 aliphatic heterocycles. The summed E-state index contributed by atoms with van der Waals surface area (Å²) in [4.78, 5) is 16.0. The van der Waals surface area contributed by atoms with E-state index in [0.29, 0.717) is 11.1 Å². The quantitative estimate of drug-likeness (QED) is 0.789. The Hall–Kier alpha value is -2.46. The van der Waals surface area contributed by atoms with Gasteiger partial charge in [0, 0.05) is 0 Å². The molecule has 3 nitrogen and oxygen atoms in total. The highest BCUT2D eigenvalue weighted by molar-refractivity contribution is 7.19. The SMILES string of the molecule is Cc1ccc(/C=C/c2nc3c(C(N)=O)cccc3s2)cc1C. The molecule has 1 amide bonds. The van der Waals surface area contributed by atoms with Gasteiger partial charge in [0.1, 0.15) is 5.01 Å². The molecular weight excluding hydrogens is 292 g/mol. The summed E-state index contributed by atoms with van der Waals surface area (Å²) in [6, 6.07) is 11.8. The van der Waals surface area contributed by atoms with E-state index in [4.69, 9.17) is 5.73 Å². The van der Waals surface area contributed by atoms with Gasteiger partial charge in [0.25, 0.3) is 5.91 Å². The molecule has 0 fully saturated rings. The fraction of sp³-hybridized carbons (Fsp3) is 0.111. The number of aryl methyl sites for hydroxylation is 2. The molecule has 0 saturated heterocycles. The topological polar surface area (TPSA) is 56.0 Å². The molecule has 2 aromatic carbocycles. The number of rotatable bonds is 3. The minimum atomic E-state index is -0.444. The summed E-state index contributed by atoms with van der Waals surface area (Å²) in [7, 11) is 0. The van der Waals surface area contributed by atoms with Crippen LogP contribution in [0.4, 0.5) is 0 Å². The summed E-state index contributed by atoms with van der Waals surface area (Å²) in [5.41, 5.74) is 10.2. The molecule has 0 unspecified atom stereocenters. The van der Waals surface area contributed by atoms with Crippen LogP contribution in [0.3, 0.4) is 0 Å². The van der Waals surface area contributed by atoms with Crippen LogP contribution in [0.5, 0.6) is 0 Å². The standard InChI is InChI=1S/C18H16N2OS/c1-11-6-7-13(10-12(11)2)8-9-16-20-17-14(18(19)21)4-3-5-15(17)22-16/h3-10H,1-2H3,(H2,19,21)/b9-8+. The summed E-state index contributed by atoms with van der Waals surface area (Å²) in [6.45, 7) is 4.20. The zero-order valence-corrected chi connectivity index (χ0v) is 13.3. The highest BCUT2D eigenvalue weighted by Crippen LogP contribution is 2.26. The summed E-state index contributed by atoms with van der Waals surface area (Å²) in [5.74, 6) is -0.444. The molecule has 0 aliphatic rings. The Labute approximate surface area is 133 Å². The summed E-state index contributed by atoms with van der Waals surface area (Å²) >= 11 is 1.55. The lowest BCUT2D eigenvalue weighted by Crippen LogP contribution is -2.11. The number of hydrogen-bond acceptors (Lipinski definition) is 3. The lowest BCUT2D eigenvalue weighted by molar-refractivity contribution is 0.100. The van der Waals surface area contributed by atoms with Crippen molar-refractivity contribution in [2.75, 3.05) is 0 Å². The van der Waals surface area contributed by atoms with Crippen LogP contribution in [0.15, 0.2) is 36.4 Å². The molecule has 1 heterocycles. The first-order chi connectivity index (χ1) is 10.5. The fourth-order valence-corrected chi connectivity index (χ4v) is 3.17. The number of amides is 1. The van der Waals surface area contributed by atoms with Crippen molar-refractivity contribution in [1.82, 2.24) is 4.98 Å². The van der Waals surface area contributed by atoms with Crippen molar-refractivity contribution in [3.05, 3.63) is 63.7 Å². The van der Waals surface area contributed by atoms with Crippen LogP contribution in [0.1, 0.15) is 32.1 Å². The van der Waals surface area contributed by atoms with E-state index in [1.54, 1.807) is 17.4 Å². The number of benzene rings is 2. The van der Waals surface area contributed by atoms with Crippen molar-refractivity contribution in [2.24, 2.45) is 5.73 Å². The lowest BCUT2D eigenvalue weighted by Gasteiger charge is -2.00. The molecule has 1 aromatic heterocycles. The molecule has 3 aromatic rings. The molecule has 110 valence electrons. The second kappa shape index (κ2) is 5.73. The highest BCUT2D eigenvalue weighted by atomic mass is 32.1. The van der Waals surface area contributed by atoms with Crippen molar-refractivity contribution in [1.29, 1.82) is 0 Å². The number of aromatic nitrogens is 1. The number of carbonyl (C=O) groups is 1. The summed E-state index contributed by atoms with van der Waals surface area (Å²) in [5, 5.41) is 0.863. The van der Waals surface area contributed by atoms with E-state index < -0.39 is 5.91 Å². The molecule has 0 bridgehead atoms. The summed E-state index contributed by atoms with van der Waals surface area (Å²) < 4.78 is 0.969. The fourth-order valence-electron chi connectivity index (χ4n) is 2.27. The van der Waals surface area contributed by atoms with E-state index >= 15 is 0 Å². The average molecular weight is 308 g/mol. The van der Waals surface area contributed by atoms with E-state index in [0.717, 1.165) is 15.3 Å². The van der Waals surface area contributed by atoms with Crippen molar-refractivity contribution in [3.63, 3.8) is 0 Å². The summed E-state index contributed by atoms with van der Waals surface area (Å²) in [6.07, 6.45) is 4.01. The Morgan fingerprint density at radius 1 is 1.14 bits per heavy atom. The van der Waals surface area contributed by atoms with Gasteiger partial charge in [0.2, 0.25) is 0 Å². The van der Waals surface area contributed by atoms with Gasteiger partial charge in [-0.25, -0.2) is 4.98 Å². The van der Waals surface area contributed by atoms with Gasteiger partial charge >= 0.3 is 0 Å². The van der Waals surface area contributed by atoms with Crippen molar-refractivity contribution >= 4 is 39.6 Å². The number of nitrogens with two attached hydrogens (primary N) is 1. The molecule has 0 atom stereocenters. The van der Waals surface area contributed by atoms with Crippen LogP contribution in [-0.2, 0) is 0 Å². The molecule has 4 heteroatoms. The van der Waals surface area contributed by atoms with Gasteiger partial charge in [0.15, 0.2) is 0 Å². The first-order valence-electron chi connectivity index (χ1n) is 6.99. The molecule has 2 N–H and O–H groups in total. The predicted molar refractivity (Wildman–Crippen MR) is 93.0 cm³/mol. The number of primary amides is 1. The third-order valence-corrected chi connectivity index (χ3v) is 4.64. The van der Waals surface area contributed by atoms with E-state index in [2.05, 4.69) is 37.0 Å². The van der Waals surface area contributed by atoms with Gasteiger partial charge in [-0.15, -0.1) is 11.3 Å². The zero-order chi connectivity index (χ0) is 15.7. The maximum atomic E-state index is 11.4. The van der Waals surface area contributed by atoms with Gasteiger partial charge < -0.3 is 5.73 Å². The number of fused-ring (bicyclic) bond motifs is 1. The normalized spacial score (nSPS) is 11.4. The smallest absolute Gasteiger partial charge is 0.250 e. The van der Waals surface area contributed by atoms with Gasteiger partial charge in [-0.1, -0.05) is 30.3 Å². The van der Waals surface area contributed by atoms with Crippen LogP contribution in [0.2, 0.25) is 0 Å². The van der Waals surface area contributed by atoms with Gasteiger partial charge in [-0.2, -0.15) is 0 Å². The lowest BCUT2D eigenvalue weighted by atomic mass is 10.1. The van der Waals surface area contributed by atoms with Crippen molar-refractivity contribution < 1.29 is 4.79 Å². The van der Waals surface area contributed by atoms with Crippen LogP contribution >= 0.6 is 11.3 Å². The predicted octanol–water partition coefficient (Wildman–Crippen LogP) is 4.18. The Morgan fingerprint density at radius 2 is 1.95 bits per heavy atom. The highest BCUT2D eigenvalue weighted by Gasteiger charge is 2.10. The number of carbonyl (C=O) groups excluding carboxylic acids is 1. The molecule has 0 spiro atoms. The molecule has 0 radical (unpaired) electrons. The van der Waals surface area contributed by atoms with Crippen LogP contribution in [0.25, 0.3) is 22.4 Å². The van der Waals surface area contributed by atoms with E-state index in [1.807, 2.05) is 24.3 Å². The van der Waals surface area contributed by atoms with Crippen LogP contribution in [0, 0.1) is 13.8 Å². The second-order valence-electron chi connectivity index (χ2n) is 5.25. The number of para-hydroxylation sites is 1. The maximum absolute atomic E-state index is 11.4. The monoisotopic (exact) mass is 308 g/mol. The first kappa shape index (κ1) is 14.5. The van der Waals surface area contributed by atoms with E-state index in [9.17, 15) is 4.79 Å². The van der Waals surface area contributed by atoms with E-state index in [-0.39, 0.29) is 0 Å². The number of thiazole rings is 1. The molecule has 22 heavy (non-hydrogen) atoms. The largest absolute Gasteiger partial charge is 0.366 e. The Bertz CT molecular complexity index is 893.